The fourth-order valence-corrected chi connectivity index (χ4v) is 4.27. The highest BCUT2D eigenvalue weighted by Crippen LogP contribution is 2.40. The number of rotatable bonds is 4. The minimum Gasteiger partial charge on any atom is -0.369 e. The van der Waals surface area contributed by atoms with Gasteiger partial charge in [0.2, 0.25) is 5.95 Å². The minimum atomic E-state index is -4.77. The summed E-state index contributed by atoms with van der Waals surface area (Å²) in [7, 11) is 0. The van der Waals surface area contributed by atoms with Gasteiger partial charge in [0.1, 0.15) is 17.2 Å². The third-order valence-corrected chi connectivity index (χ3v) is 5.82. The van der Waals surface area contributed by atoms with Gasteiger partial charge in [-0.1, -0.05) is 57.2 Å². The van der Waals surface area contributed by atoms with Gasteiger partial charge >= 0.3 is 6.18 Å². The number of pyridine rings is 1. The molecule has 3 aromatic heterocycles. The van der Waals surface area contributed by atoms with Crippen molar-refractivity contribution in [1.29, 1.82) is 0 Å². The highest BCUT2D eigenvalue weighted by atomic mass is 19.4. The van der Waals surface area contributed by atoms with E-state index >= 15 is 0 Å². The van der Waals surface area contributed by atoms with Crippen molar-refractivity contribution in [2.24, 2.45) is 5.41 Å². The maximum atomic E-state index is 14.8. The Bertz CT molecular complexity index is 1590. The molecule has 5 rings (SSSR count). The summed E-state index contributed by atoms with van der Waals surface area (Å²) in [4.78, 5) is 16.5. The van der Waals surface area contributed by atoms with E-state index < -0.39 is 23.1 Å². The molecule has 0 atom stereocenters. The molecule has 190 valence electrons. The van der Waals surface area contributed by atoms with E-state index in [1.165, 1.54) is 0 Å². The second-order valence-corrected chi connectivity index (χ2v) is 9.99. The van der Waals surface area contributed by atoms with Crippen LogP contribution in [0.15, 0.2) is 60.7 Å². The number of benzene rings is 2. The first-order valence-electron chi connectivity index (χ1n) is 11.6. The monoisotopic (exact) mass is 508 g/mol. The second-order valence-electron chi connectivity index (χ2n) is 9.99. The van der Waals surface area contributed by atoms with E-state index in [4.69, 9.17) is 10.7 Å². The number of nitrogens with zero attached hydrogens (tertiary/aromatic N) is 4. The molecule has 0 radical (unpaired) electrons. The molecule has 0 amide bonds. The Balaban J connectivity index is 1.75. The van der Waals surface area contributed by atoms with E-state index in [1.807, 2.05) is 6.07 Å². The second kappa shape index (κ2) is 8.72. The average Bonchev–Trinajstić information content (AvgIpc) is 3.39. The lowest BCUT2D eigenvalue weighted by molar-refractivity contribution is -0.137. The zero-order chi connectivity index (χ0) is 26.5. The van der Waals surface area contributed by atoms with E-state index in [-0.39, 0.29) is 11.2 Å². The van der Waals surface area contributed by atoms with Crippen molar-refractivity contribution in [3.05, 3.63) is 72.0 Å². The number of aromatic amines is 1. The van der Waals surface area contributed by atoms with Crippen LogP contribution in [0.3, 0.4) is 0 Å². The normalized spacial score (nSPS) is 12.4. The average molecular weight is 509 g/mol. The Morgan fingerprint density at radius 3 is 2.30 bits per heavy atom. The molecule has 3 N–H and O–H groups in total. The van der Waals surface area contributed by atoms with E-state index in [0.717, 1.165) is 18.2 Å². The Hall–Kier alpha value is -4.21. The number of alkyl halides is 3. The third-order valence-electron chi connectivity index (χ3n) is 5.82. The topological polar surface area (TPSA) is 85.4 Å². The van der Waals surface area contributed by atoms with Crippen molar-refractivity contribution in [3.63, 3.8) is 0 Å². The van der Waals surface area contributed by atoms with Crippen LogP contribution in [0.4, 0.5) is 23.5 Å². The summed E-state index contributed by atoms with van der Waals surface area (Å²) in [5.74, 6) is -0.970. The standard InChI is InChI=1S/C27H24F4N6/c1-26(2,3)14-37-24-19(34-25(37)32)13-12-18(33-24)22-21(15-8-5-4-6-9-15)35-23(36-22)20-16(27(29,30)31)10-7-11-17(20)28/h4-13H,14H2,1-3H3,(H2,32,34)(H,35,36). The summed E-state index contributed by atoms with van der Waals surface area (Å²) in [6.07, 6.45) is -4.77. The van der Waals surface area contributed by atoms with Gasteiger partial charge in [-0.3, -0.25) is 4.57 Å². The number of hydrogen-bond donors (Lipinski definition) is 2. The lowest BCUT2D eigenvalue weighted by Crippen LogP contribution is -2.17. The Labute approximate surface area is 210 Å². The SMILES string of the molecule is CC(C)(C)Cn1c(N)nc2ccc(-c3[nH]c(-c4c(F)cccc4C(F)(F)F)nc3-c3ccccc3)nc21. The highest BCUT2D eigenvalue weighted by molar-refractivity contribution is 5.84. The summed E-state index contributed by atoms with van der Waals surface area (Å²) < 4.78 is 58.0. The maximum absolute atomic E-state index is 14.8. The van der Waals surface area contributed by atoms with Gasteiger partial charge in [0.05, 0.1) is 28.2 Å². The van der Waals surface area contributed by atoms with Crippen LogP contribution in [-0.4, -0.2) is 24.5 Å². The molecule has 0 fully saturated rings. The predicted octanol–water partition coefficient (Wildman–Crippen LogP) is 6.94. The van der Waals surface area contributed by atoms with Gasteiger partial charge in [-0.15, -0.1) is 0 Å². The van der Waals surface area contributed by atoms with Crippen LogP contribution in [0.25, 0.3) is 45.2 Å². The first-order chi connectivity index (χ1) is 17.4. The number of anilines is 1. The van der Waals surface area contributed by atoms with Gasteiger partial charge in [-0.25, -0.2) is 19.3 Å². The fourth-order valence-electron chi connectivity index (χ4n) is 4.27. The maximum Gasteiger partial charge on any atom is 0.417 e. The molecule has 0 aliphatic heterocycles. The number of imidazole rings is 2. The van der Waals surface area contributed by atoms with Gasteiger partial charge in [0.25, 0.3) is 0 Å². The molecule has 10 heteroatoms. The van der Waals surface area contributed by atoms with Gasteiger partial charge < -0.3 is 10.7 Å². The molecule has 5 aromatic rings. The van der Waals surface area contributed by atoms with E-state index in [2.05, 4.69) is 35.7 Å². The first-order valence-corrected chi connectivity index (χ1v) is 11.6. The lowest BCUT2D eigenvalue weighted by atomic mass is 9.97. The lowest BCUT2D eigenvalue weighted by Gasteiger charge is -2.19. The Morgan fingerprint density at radius 2 is 1.62 bits per heavy atom. The van der Waals surface area contributed by atoms with Crippen LogP contribution in [-0.2, 0) is 12.7 Å². The molecule has 0 aliphatic carbocycles. The van der Waals surface area contributed by atoms with E-state index in [9.17, 15) is 17.6 Å². The highest BCUT2D eigenvalue weighted by Gasteiger charge is 2.36. The zero-order valence-corrected chi connectivity index (χ0v) is 20.4. The number of halogens is 4. The van der Waals surface area contributed by atoms with Crippen LogP contribution < -0.4 is 5.73 Å². The molecular formula is C27H24F4N6. The van der Waals surface area contributed by atoms with Crippen LogP contribution >= 0.6 is 0 Å². The molecule has 0 spiro atoms. The van der Waals surface area contributed by atoms with E-state index in [0.29, 0.717) is 46.3 Å². The largest absolute Gasteiger partial charge is 0.417 e. The zero-order valence-electron chi connectivity index (χ0n) is 20.4. The van der Waals surface area contributed by atoms with Crippen molar-refractivity contribution >= 4 is 17.1 Å². The Kier molecular flexibility index (Phi) is 5.77. The summed E-state index contributed by atoms with van der Waals surface area (Å²) >= 11 is 0. The van der Waals surface area contributed by atoms with E-state index in [1.54, 1.807) is 41.0 Å². The van der Waals surface area contributed by atoms with Crippen molar-refractivity contribution < 1.29 is 17.6 Å². The van der Waals surface area contributed by atoms with Crippen molar-refractivity contribution in [3.8, 4) is 34.0 Å². The van der Waals surface area contributed by atoms with Crippen molar-refractivity contribution in [1.82, 2.24) is 24.5 Å². The van der Waals surface area contributed by atoms with Gasteiger partial charge in [0.15, 0.2) is 5.65 Å². The number of H-pyrrole nitrogens is 1. The number of nitrogens with one attached hydrogen (secondary N) is 1. The number of aromatic nitrogens is 5. The smallest absolute Gasteiger partial charge is 0.369 e. The Morgan fingerprint density at radius 1 is 0.892 bits per heavy atom. The molecular weight excluding hydrogens is 484 g/mol. The number of nitrogen functional groups attached to an aromatic ring is 1. The number of nitrogens with two attached hydrogens (primary N) is 1. The number of fused-ring (bicyclic) bond motifs is 1. The first kappa shape index (κ1) is 24.5. The van der Waals surface area contributed by atoms with Crippen molar-refractivity contribution in [2.45, 2.75) is 33.5 Å². The minimum absolute atomic E-state index is 0.116. The van der Waals surface area contributed by atoms with Crippen molar-refractivity contribution in [2.75, 3.05) is 5.73 Å². The van der Waals surface area contributed by atoms with Crippen LogP contribution in [0, 0.1) is 11.2 Å². The molecule has 0 saturated heterocycles. The third kappa shape index (κ3) is 4.66. The molecule has 0 saturated carbocycles. The summed E-state index contributed by atoms with van der Waals surface area (Å²) in [5.41, 5.74) is 7.13. The molecule has 0 bridgehead atoms. The van der Waals surface area contributed by atoms with Gasteiger partial charge in [-0.2, -0.15) is 13.2 Å². The summed E-state index contributed by atoms with van der Waals surface area (Å²) in [6, 6.07) is 15.2. The molecule has 0 unspecified atom stereocenters. The summed E-state index contributed by atoms with van der Waals surface area (Å²) in [5, 5.41) is 0. The summed E-state index contributed by atoms with van der Waals surface area (Å²) in [6.45, 7) is 6.73. The predicted molar refractivity (Wildman–Crippen MR) is 135 cm³/mol. The molecule has 3 heterocycles. The molecule has 2 aromatic carbocycles. The molecule has 6 nitrogen and oxygen atoms in total. The molecule has 37 heavy (non-hydrogen) atoms. The van der Waals surface area contributed by atoms with Crippen LogP contribution in [0.1, 0.15) is 26.3 Å². The van der Waals surface area contributed by atoms with Crippen LogP contribution in [0.2, 0.25) is 0 Å². The quantitative estimate of drug-likeness (QED) is 0.258. The number of hydrogen-bond acceptors (Lipinski definition) is 4. The fraction of sp³-hybridized carbons (Fsp3) is 0.222. The van der Waals surface area contributed by atoms with Crippen LogP contribution in [0.5, 0.6) is 0 Å². The molecule has 0 aliphatic rings. The van der Waals surface area contributed by atoms with Gasteiger partial charge in [0, 0.05) is 12.1 Å². The van der Waals surface area contributed by atoms with Gasteiger partial charge in [-0.05, 0) is 29.7 Å².